The summed E-state index contributed by atoms with van der Waals surface area (Å²) in [6.07, 6.45) is 1.54. The van der Waals surface area contributed by atoms with Crippen LogP contribution < -0.4 is 5.73 Å². The molecule has 0 saturated heterocycles. The second-order valence-corrected chi connectivity index (χ2v) is 4.10. The topological polar surface area (TPSA) is 55.6 Å². The zero-order valence-electron chi connectivity index (χ0n) is 10.9. The zero-order valence-corrected chi connectivity index (χ0v) is 10.9. The molecule has 0 atom stereocenters. The number of rotatable bonds is 6. The molecule has 0 amide bonds. The van der Waals surface area contributed by atoms with Gasteiger partial charge in [0, 0.05) is 13.1 Å². The van der Waals surface area contributed by atoms with Gasteiger partial charge < -0.3 is 10.5 Å². The lowest BCUT2D eigenvalue weighted by molar-refractivity contribution is -0.139. The Morgan fingerprint density at radius 2 is 2.06 bits per heavy atom. The maximum atomic E-state index is 11.3. The van der Waals surface area contributed by atoms with Crippen LogP contribution in [-0.4, -0.2) is 31.1 Å². The summed E-state index contributed by atoms with van der Waals surface area (Å²) in [5.41, 5.74) is 6.82. The van der Waals surface area contributed by atoms with Gasteiger partial charge in [0.2, 0.25) is 0 Å². The lowest BCUT2D eigenvalue weighted by Crippen LogP contribution is -2.25. The second-order valence-electron chi connectivity index (χ2n) is 4.10. The van der Waals surface area contributed by atoms with Gasteiger partial charge in [0.25, 0.3) is 0 Å². The van der Waals surface area contributed by atoms with Gasteiger partial charge in [0.05, 0.1) is 0 Å². The molecule has 0 aliphatic carbocycles. The molecule has 0 radical (unpaired) electrons. The van der Waals surface area contributed by atoms with E-state index in [9.17, 15) is 4.79 Å². The van der Waals surface area contributed by atoms with Crippen molar-refractivity contribution in [2.45, 2.75) is 13.5 Å². The highest BCUT2D eigenvalue weighted by Crippen LogP contribution is 2.02. The van der Waals surface area contributed by atoms with Crippen molar-refractivity contribution in [2.75, 3.05) is 20.2 Å². The first-order chi connectivity index (χ1) is 8.63. The molecule has 0 heterocycles. The number of nitrogens with zero attached hydrogens (tertiary/aromatic N) is 1. The molecule has 0 bridgehead atoms. The smallest absolute Gasteiger partial charge is 0.353 e. The number of hydrogen-bond acceptors (Lipinski definition) is 4. The molecular weight excluding hydrogens is 228 g/mol. The van der Waals surface area contributed by atoms with Crippen LogP contribution in [0.15, 0.2) is 42.1 Å². The van der Waals surface area contributed by atoms with Gasteiger partial charge >= 0.3 is 5.97 Å². The van der Waals surface area contributed by atoms with Crippen molar-refractivity contribution in [3.63, 3.8) is 0 Å². The fraction of sp³-hybridized carbons (Fsp3) is 0.357. The largest absolute Gasteiger partial charge is 0.460 e. The lowest BCUT2D eigenvalue weighted by Gasteiger charge is -2.16. The fourth-order valence-corrected chi connectivity index (χ4v) is 1.47. The third-order valence-corrected chi connectivity index (χ3v) is 2.55. The monoisotopic (exact) mass is 248 g/mol. The molecule has 2 N–H and O–H groups in total. The first kappa shape index (κ1) is 14.3. The number of carbonyl (C=O) groups excluding carboxylic acids is 1. The minimum absolute atomic E-state index is 0.153. The first-order valence-corrected chi connectivity index (χ1v) is 5.95. The predicted octanol–water partition coefficient (Wildman–Crippen LogP) is 1.52. The molecule has 1 aromatic carbocycles. The Kier molecular flexibility index (Phi) is 5.94. The molecule has 0 fully saturated rings. The molecule has 4 heteroatoms. The van der Waals surface area contributed by atoms with Crippen molar-refractivity contribution in [2.24, 2.45) is 5.73 Å². The van der Waals surface area contributed by atoms with Crippen molar-refractivity contribution in [3.05, 3.63) is 47.7 Å². The van der Waals surface area contributed by atoms with Gasteiger partial charge in [-0.15, -0.1) is 0 Å². The van der Waals surface area contributed by atoms with E-state index in [1.807, 2.05) is 25.2 Å². The first-order valence-electron chi connectivity index (χ1n) is 5.95. The molecule has 1 aromatic rings. The fourth-order valence-electron chi connectivity index (χ4n) is 1.47. The molecule has 1 rings (SSSR count). The van der Waals surface area contributed by atoms with E-state index in [-0.39, 0.29) is 5.70 Å². The quantitative estimate of drug-likeness (QED) is 0.612. The van der Waals surface area contributed by atoms with Crippen molar-refractivity contribution in [1.29, 1.82) is 0 Å². The van der Waals surface area contributed by atoms with Crippen LogP contribution in [0.4, 0.5) is 0 Å². The van der Waals surface area contributed by atoms with Crippen molar-refractivity contribution in [3.8, 4) is 0 Å². The van der Waals surface area contributed by atoms with Gasteiger partial charge in [-0.05, 0) is 19.5 Å². The number of carbonyl (C=O) groups is 1. The maximum absolute atomic E-state index is 11.3. The van der Waals surface area contributed by atoms with Crippen molar-refractivity contribution < 1.29 is 9.53 Å². The van der Waals surface area contributed by atoms with E-state index in [1.165, 1.54) is 11.6 Å². The van der Waals surface area contributed by atoms with E-state index in [0.29, 0.717) is 13.2 Å². The van der Waals surface area contributed by atoms with Crippen LogP contribution in [0.3, 0.4) is 0 Å². The maximum Gasteiger partial charge on any atom is 0.353 e. The Labute approximate surface area is 108 Å². The minimum Gasteiger partial charge on any atom is -0.460 e. The molecule has 0 aromatic heterocycles. The second kappa shape index (κ2) is 7.50. The SMILES string of the molecule is CC=C(N)C(=O)OCCN(C)Cc1ccccc1. The number of likely N-dealkylation sites (N-methyl/N-ethyl adjacent to an activating group) is 1. The highest BCUT2D eigenvalue weighted by molar-refractivity contribution is 5.87. The van der Waals surface area contributed by atoms with Gasteiger partial charge in [-0.3, -0.25) is 4.90 Å². The van der Waals surface area contributed by atoms with E-state index in [0.717, 1.165) is 6.54 Å². The Morgan fingerprint density at radius 3 is 2.67 bits per heavy atom. The average Bonchev–Trinajstić information content (AvgIpc) is 2.38. The van der Waals surface area contributed by atoms with E-state index in [1.54, 1.807) is 6.92 Å². The van der Waals surface area contributed by atoms with Gasteiger partial charge in [-0.1, -0.05) is 36.4 Å². The molecule has 98 valence electrons. The van der Waals surface area contributed by atoms with E-state index >= 15 is 0 Å². The summed E-state index contributed by atoms with van der Waals surface area (Å²) >= 11 is 0. The van der Waals surface area contributed by atoms with Gasteiger partial charge in [0.1, 0.15) is 12.3 Å². The van der Waals surface area contributed by atoms with Gasteiger partial charge in [-0.25, -0.2) is 4.79 Å². The Morgan fingerprint density at radius 1 is 1.39 bits per heavy atom. The lowest BCUT2D eigenvalue weighted by atomic mass is 10.2. The predicted molar refractivity (Wildman–Crippen MR) is 71.7 cm³/mol. The van der Waals surface area contributed by atoms with Crippen LogP contribution >= 0.6 is 0 Å². The number of ether oxygens (including phenoxy) is 1. The highest BCUT2D eigenvalue weighted by Gasteiger charge is 2.06. The van der Waals surface area contributed by atoms with Crippen LogP contribution in [0.2, 0.25) is 0 Å². The summed E-state index contributed by atoms with van der Waals surface area (Å²) in [4.78, 5) is 13.4. The molecule has 0 aliphatic rings. The third kappa shape index (κ3) is 5.01. The van der Waals surface area contributed by atoms with Crippen molar-refractivity contribution >= 4 is 5.97 Å². The van der Waals surface area contributed by atoms with Gasteiger partial charge in [0.15, 0.2) is 0 Å². The number of benzene rings is 1. The highest BCUT2D eigenvalue weighted by atomic mass is 16.5. The van der Waals surface area contributed by atoms with Crippen molar-refractivity contribution in [1.82, 2.24) is 4.90 Å². The van der Waals surface area contributed by atoms with Gasteiger partial charge in [-0.2, -0.15) is 0 Å². The standard InChI is InChI=1S/C14H20N2O2/c1-3-13(15)14(17)18-10-9-16(2)11-12-7-5-4-6-8-12/h3-8H,9-11,15H2,1-2H3. The summed E-state index contributed by atoms with van der Waals surface area (Å²) in [7, 11) is 1.99. The average molecular weight is 248 g/mol. The zero-order chi connectivity index (χ0) is 13.4. The van der Waals surface area contributed by atoms with Crippen LogP contribution in [0.25, 0.3) is 0 Å². The molecule has 18 heavy (non-hydrogen) atoms. The summed E-state index contributed by atoms with van der Waals surface area (Å²) in [5, 5.41) is 0. The summed E-state index contributed by atoms with van der Waals surface area (Å²) in [5.74, 6) is -0.453. The Hall–Kier alpha value is -1.81. The molecule has 0 saturated carbocycles. The summed E-state index contributed by atoms with van der Waals surface area (Å²) in [6.45, 7) is 3.56. The van der Waals surface area contributed by atoms with E-state index < -0.39 is 5.97 Å². The minimum atomic E-state index is -0.453. The van der Waals surface area contributed by atoms with E-state index in [4.69, 9.17) is 10.5 Å². The third-order valence-electron chi connectivity index (χ3n) is 2.55. The van der Waals surface area contributed by atoms with Crippen LogP contribution in [-0.2, 0) is 16.1 Å². The number of esters is 1. The number of allylic oxidation sites excluding steroid dienone is 1. The Balaban J connectivity index is 2.26. The molecular formula is C14H20N2O2. The molecule has 0 unspecified atom stereocenters. The number of nitrogens with two attached hydrogens (primary N) is 1. The van der Waals surface area contributed by atoms with E-state index in [2.05, 4.69) is 17.0 Å². The Bertz CT molecular complexity index is 402. The molecule has 0 aliphatic heterocycles. The van der Waals surface area contributed by atoms with Crippen LogP contribution in [0, 0.1) is 0 Å². The molecule has 0 spiro atoms. The number of hydrogen-bond donors (Lipinski definition) is 1. The summed E-state index contributed by atoms with van der Waals surface area (Å²) < 4.78 is 5.03. The van der Waals surface area contributed by atoms with Crippen LogP contribution in [0.5, 0.6) is 0 Å². The normalized spacial score (nSPS) is 11.6. The van der Waals surface area contributed by atoms with Crippen LogP contribution in [0.1, 0.15) is 12.5 Å². The molecule has 4 nitrogen and oxygen atoms in total. The summed E-state index contributed by atoms with van der Waals surface area (Å²) in [6, 6.07) is 10.2.